The summed E-state index contributed by atoms with van der Waals surface area (Å²) in [5.74, 6) is -9.07. The molecule has 8 aromatic carbocycles. The van der Waals surface area contributed by atoms with E-state index in [1.165, 1.54) is 97.1 Å². The Labute approximate surface area is 714 Å². The summed E-state index contributed by atoms with van der Waals surface area (Å²) >= 11 is 0. The molecule has 0 radical (unpaired) electrons. The van der Waals surface area contributed by atoms with Gasteiger partial charge in [-0.1, -0.05) is 179 Å². The third-order valence-corrected chi connectivity index (χ3v) is 20.6. The van der Waals surface area contributed by atoms with Crippen LogP contribution in [0.4, 0.5) is 26.3 Å². The van der Waals surface area contributed by atoms with Gasteiger partial charge in [0.05, 0.1) is 34.9 Å². The van der Waals surface area contributed by atoms with Gasteiger partial charge >= 0.3 is 0 Å². The normalized spacial score (nSPS) is 12.4. The van der Waals surface area contributed by atoms with Crippen molar-refractivity contribution in [2.75, 3.05) is 86.0 Å². The Hall–Kier alpha value is -9.22. The largest absolute Gasteiger partial charge is 0.506 e. The third-order valence-electron chi connectivity index (χ3n) is 18.8. The van der Waals surface area contributed by atoms with Crippen LogP contribution in [0.5, 0.6) is 17.2 Å². The summed E-state index contributed by atoms with van der Waals surface area (Å²) in [7, 11) is -7.94. The molecule has 0 bridgehead atoms. The molecule has 3 atom stereocenters. The topological polar surface area (TPSA) is 413 Å². The maximum absolute atomic E-state index is 14.0. The number of aliphatic hydroxyl groups is 4. The minimum Gasteiger partial charge on any atom is -0.506 e. The molecule has 0 aliphatic heterocycles. The van der Waals surface area contributed by atoms with Crippen molar-refractivity contribution in [3.05, 3.63) is 265 Å². The van der Waals surface area contributed by atoms with Gasteiger partial charge in [0, 0.05) is 108 Å². The number of phenols is 3. The van der Waals surface area contributed by atoms with Gasteiger partial charge in [-0.15, -0.1) is 24.0 Å². The summed E-state index contributed by atoms with van der Waals surface area (Å²) in [5, 5.41) is 79.8. The lowest BCUT2D eigenvalue weighted by Gasteiger charge is -2.16. The molecule has 0 unspecified atom stereocenters. The number of rotatable bonds is 41. The number of ether oxygens (including phenoxy) is 3. The predicted octanol–water partition coefficient (Wildman–Crippen LogP) is 14.9. The first-order valence-electron chi connectivity index (χ1n) is 38.5. The average Bonchev–Trinajstić information content (AvgIpc) is 0.771. The fourth-order valence-corrected chi connectivity index (χ4v) is 14.1. The van der Waals surface area contributed by atoms with E-state index in [9.17, 15) is 88.2 Å². The van der Waals surface area contributed by atoms with Gasteiger partial charge in [0.2, 0.25) is 16.7 Å². The van der Waals surface area contributed by atoms with Crippen LogP contribution in [0.1, 0.15) is 136 Å². The first-order valence-corrected chi connectivity index (χ1v) is 41.4. The Kier molecular flexibility index (Phi) is 43.1. The van der Waals surface area contributed by atoms with Crippen molar-refractivity contribution < 1.29 is 102 Å². The van der Waals surface area contributed by atoms with E-state index < -0.39 is 85.9 Å². The van der Waals surface area contributed by atoms with Crippen LogP contribution >= 0.6 is 24.0 Å². The predicted molar refractivity (Wildman–Crippen MR) is 465 cm³/mol. The maximum atomic E-state index is 14.0. The van der Waals surface area contributed by atoms with Gasteiger partial charge in [-0.05, 0) is 123 Å². The van der Waals surface area contributed by atoms with Crippen molar-refractivity contribution in [2.45, 2.75) is 130 Å². The average molecular weight is 1850 g/mol. The zero-order valence-corrected chi connectivity index (χ0v) is 69.8. The summed E-state index contributed by atoms with van der Waals surface area (Å²) in [6.07, 6.45) is 7.80. The molecular weight excluding hydrogens is 1740 g/mol. The molecular formula is C87H107F6IN6O19S2. The van der Waals surface area contributed by atoms with E-state index in [0.717, 1.165) is 77.0 Å². The highest BCUT2D eigenvalue weighted by molar-refractivity contribution is 14.0. The zero-order chi connectivity index (χ0) is 86.6. The van der Waals surface area contributed by atoms with Crippen molar-refractivity contribution in [3.8, 4) is 17.2 Å². The fourth-order valence-electron chi connectivity index (χ4n) is 12.7. The molecule has 0 aliphatic carbocycles. The molecule has 34 heteroatoms. The lowest BCUT2D eigenvalue weighted by atomic mass is 10.0. The molecule has 0 fully saturated rings. The summed E-state index contributed by atoms with van der Waals surface area (Å²) in [4.78, 5) is 41.4. The lowest BCUT2D eigenvalue weighted by molar-refractivity contribution is -0.0833. The molecule has 0 saturated heterocycles. The second-order valence-corrected chi connectivity index (χ2v) is 30.5. The van der Waals surface area contributed by atoms with Crippen molar-refractivity contribution in [2.24, 2.45) is 0 Å². The molecule has 660 valence electrons. The zero-order valence-electron chi connectivity index (χ0n) is 65.9. The van der Waals surface area contributed by atoms with Crippen LogP contribution in [0.3, 0.4) is 0 Å². The number of hydrogen-bond donors (Lipinski definition) is 15. The van der Waals surface area contributed by atoms with Gasteiger partial charge in [0.1, 0.15) is 46.9 Å². The second kappa shape index (κ2) is 51.0. The number of halogens is 7. The van der Waals surface area contributed by atoms with E-state index in [4.69, 9.17) is 28.4 Å². The fraction of sp³-hybridized carbons (Fsp3) is 0.368. The standard InChI is InChI=1S/3C25H30F2N2O4.C10H8O6S2.CH4O.CH4.HI/c3*26-25(27,18-8-4-3-5-9-18)17-33-15-7-2-1-6-14-28-16-22(31)19-10-12-21(30)24-20(19)11-13-23(32)29-24;11-17(12,13)9-5-1-3-7-8(9)4-2-6-10(7)18(14,15)16;1-2;;/h3*3-5,8-13,22,28,30-31H,1-2,6-7,14-17H2,(H,29,32);1-6H,(H,11,12,13)(H,14,15,16);2H,1H3;1H4;1H/t3*22-;;;;/m000..../s1. The number of benzene rings is 8. The van der Waals surface area contributed by atoms with E-state index in [1.54, 1.807) is 91.0 Å². The number of alkyl halides is 6. The number of H-pyrrole nitrogens is 3. The molecule has 0 spiro atoms. The molecule has 0 saturated carbocycles. The summed E-state index contributed by atoms with van der Waals surface area (Å²) in [5.41, 5.74) is 1.72. The number of aromatic amines is 3. The van der Waals surface area contributed by atoms with Gasteiger partial charge in [-0.3, -0.25) is 23.5 Å². The number of phenolic OH excluding ortho intramolecular Hbond substituents is 3. The van der Waals surface area contributed by atoms with Crippen LogP contribution in [0.2, 0.25) is 0 Å². The molecule has 15 N–H and O–H groups in total. The van der Waals surface area contributed by atoms with Gasteiger partial charge < -0.3 is 80.9 Å². The van der Waals surface area contributed by atoms with Crippen LogP contribution in [-0.4, -0.2) is 163 Å². The van der Waals surface area contributed by atoms with E-state index >= 15 is 0 Å². The summed E-state index contributed by atoms with van der Waals surface area (Å²) < 4.78 is 162. The number of aromatic hydroxyl groups is 3. The van der Waals surface area contributed by atoms with Gasteiger partial charge in [-0.2, -0.15) is 43.2 Å². The molecule has 121 heavy (non-hydrogen) atoms. The first-order chi connectivity index (χ1) is 56.9. The molecule has 0 aliphatic rings. The first kappa shape index (κ1) is 102. The quantitative estimate of drug-likeness (QED) is 0.00732. The number of aromatic nitrogens is 3. The molecule has 25 nitrogen and oxygen atoms in total. The molecule has 3 heterocycles. The van der Waals surface area contributed by atoms with Crippen molar-refractivity contribution in [1.29, 1.82) is 0 Å². The number of aliphatic hydroxyl groups excluding tert-OH is 4. The third kappa shape index (κ3) is 32.5. The van der Waals surface area contributed by atoms with Gasteiger partial charge in [0.25, 0.3) is 38.0 Å². The number of pyridine rings is 3. The van der Waals surface area contributed by atoms with Crippen LogP contribution in [0.15, 0.2) is 224 Å². The molecule has 11 rings (SSSR count). The number of nitrogens with one attached hydrogen (secondary N) is 6. The second-order valence-electron chi connectivity index (χ2n) is 27.7. The van der Waals surface area contributed by atoms with E-state index in [0.29, 0.717) is 128 Å². The monoisotopic (exact) mass is 1840 g/mol. The van der Waals surface area contributed by atoms with Crippen LogP contribution in [-0.2, 0) is 52.2 Å². The van der Waals surface area contributed by atoms with E-state index in [1.807, 2.05) is 0 Å². The van der Waals surface area contributed by atoms with Crippen molar-refractivity contribution in [3.63, 3.8) is 0 Å². The van der Waals surface area contributed by atoms with Gasteiger partial charge in [-0.25, -0.2) is 0 Å². The Balaban J connectivity index is 0.000000289. The van der Waals surface area contributed by atoms with Gasteiger partial charge in [0.15, 0.2) is 0 Å². The highest BCUT2D eigenvalue weighted by Gasteiger charge is 2.34. The minimum atomic E-state index is -4.47. The smallest absolute Gasteiger partial charge is 0.296 e. The maximum Gasteiger partial charge on any atom is 0.296 e. The van der Waals surface area contributed by atoms with Crippen LogP contribution in [0, 0.1) is 0 Å². The molecule has 11 aromatic rings. The van der Waals surface area contributed by atoms with E-state index in [2.05, 4.69) is 30.9 Å². The number of unbranched alkanes of at least 4 members (excludes halogenated alkanes) is 9. The van der Waals surface area contributed by atoms with E-state index in [-0.39, 0.29) is 92.8 Å². The summed E-state index contributed by atoms with van der Waals surface area (Å²) in [6, 6.07) is 48.7. The Morgan fingerprint density at radius 2 is 0.603 bits per heavy atom. The highest BCUT2D eigenvalue weighted by Crippen LogP contribution is 2.35. The Morgan fingerprint density at radius 3 is 0.860 bits per heavy atom. The molecule has 3 aromatic heterocycles. The number of hydrogen-bond acceptors (Lipinski definition) is 20. The highest BCUT2D eigenvalue weighted by atomic mass is 127. The Bertz CT molecular complexity index is 4900. The lowest BCUT2D eigenvalue weighted by Crippen LogP contribution is -2.23. The number of fused-ring (bicyclic) bond motifs is 4. The van der Waals surface area contributed by atoms with Crippen molar-refractivity contribution in [1.82, 2.24) is 30.9 Å². The summed E-state index contributed by atoms with van der Waals surface area (Å²) in [6.45, 7) is 2.15. The van der Waals surface area contributed by atoms with Crippen LogP contribution < -0.4 is 32.6 Å². The van der Waals surface area contributed by atoms with Crippen LogP contribution in [0.25, 0.3) is 43.5 Å². The SMILES string of the molecule is C.CO.I.O=S(=O)(O)c1cccc2c(S(=O)(=O)O)cccc12.O=c1ccc2c([C@@H](O)CNCCCCCCOCC(F)(F)c3ccccc3)ccc(O)c2[nH]1.O=c1ccc2c([C@@H](O)CNCCCCCCOCC(F)(F)c3ccccc3)ccc(O)c2[nH]1.O=c1ccc2c([C@@H](O)CNCCCCCCOCC(F)(F)c3ccccc3)ccc(O)c2[nH]1. The minimum absolute atomic E-state index is 0. The van der Waals surface area contributed by atoms with Crippen molar-refractivity contribution >= 4 is 87.7 Å². The Morgan fingerprint density at radius 1 is 0.347 bits per heavy atom. The molecule has 0 amide bonds.